The number of aryl methyl sites for hydroxylation is 2. The Bertz CT molecular complexity index is 418. The zero-order valence-corrected chi connectivity index (χ0v) is 11.6. The molecule has 1 aromatic carbocycles. The Labute approximate surface area is 109 Å². The minimum Gasteiger partial charge on any atom is -0.508 e. The van der Waals surface area contributed by atoms with Crippen molar-refractivity contribution >= 4 is 0 Å². The van der Waals surface area contributed by atoms with Gasteiger partial charge in [-0.05, 0) is 51.0 Å². The van der Waals surface area contributed by atoms with Crippen LogP contribution in [0.5, 0.6) is 5.75 Å². The first kappa shape index (κ1) is 14.5. The molecule has 2 rings (SSSR count). The minimum absolute atomic E-state index is 0.354. The van der Waals surface area contributed by atoms with Gasteiger partial charge in [-0.2, -0.15) is 0 Å². The molecule has 1 aliphatic carbocycles. The van der Waals surface area contributed by atoms with Gasteiger partial charge in [0.15, 0.2) is 0 Å². The molecule has 0 aliphatic heterocycles. The van der Waals surface area contributed by atoms with E-state index in [1.165, 1.54) is 5.57 Å². The van der Waals surface area contributed by atoms with Crippen LogP contribution in [0.15, 0.2) is 42.0 Å². The van der Waals surface area contributed by atoms with Crippen molar-refractivity contribution in [2.45, 2.75) is 39.7 Å². The number of allylic oxidation sites excluding steroid dienone is 2. The molecule has 0 fully saturated rings. The fraction of sp³-hybridized carbons (Fsp3) is 0.375. The van der Waals surface area contributed by atoms with Crippen LogP contribution in [0.2, 0.25) is 0 Å². The summed E-state index contributed by atoms with van der Waals surface area (Å²) in [5.74, 6) is 0.354. The Morgan fingerprint density at radius 1 is 1.06 bits per heavy atom. The van der Waals surface area contributed by atoms with E-state index in [9.17, 15) is 5.11 Å². The van der Waals surface area contributed by atoms with Gasteiger partial charge in [0.05, 0.1) is 5.60 Å². The van der Waals surface area contributed by atoms with Gasteiger partial charge < -0.3 is 10.2 Å². The molecule has 0 spiro atoms. The Balaban J connectivity index is 0.000000180. The molecule has 0 bridgehead atoms. The standard InChI is InChI=1S/C8H10O.C8H12O/c1-6-3-7(2)5-8(9)4-6;1-7-4-3-5-8(2,9)6-7/h3-5,9H,1-2H3;3-5,9H,6H2,1-2H3. The van der Waals surface area contributed by atoms with Crippen LogP contribution < -0.4 is 0 Å². The number of hydrogen-bond acceptors (Lipinski definition) is 2. The SMILES string of the molecule is CC1=CC=CC(C)(O)C1.Cc1cc(C)cc(O)c1. The van der Waals surface area contributed by atoms with Crippen molar-refractivity contribution < 1.29 is 10.2 Å². The third-order valence-electron chi connectivity index (χ3n) is 2.68. The molecule has 0 heterocycles. The first-order valence-corrected chi connectivity index (χ1v) is 6.13. The lowest BCUT2D eigenvalue weighted by atomic mass is 9.93. The number of benzene rings is 1. The topological polar surface area (TPSA) is 40.5 Å². The van der Waals surface area contributed by atoms with Gasteiger partial charge in [-0.3, -0.25) is 0 Å². The molecule has 0 amide bonds. The fourth-order valence-electron chi connectivity index (χ4n) is 2.05. The van der Waals surface area contributed by atoms with Crippen molar-refractivity contribution in [2.75, 3.05) is 0 Å². The van der Waals surface area contributed by atoms with E-state index in [0.29, 0.717) is 5.75 Å². The predicted octanol–water partition coefficient (Wildman–Crippen LogP) is 3.65. The Morgan fingerprint density at radius 3 is 1.94 bits per heavy atom. The molecule has 1 atom stereocenters. The number of aliphatic hydroxyl groups is 1. The maximum atomic E-state index is 9.42. The molecule has 98 valence electrons. The van der Waals surface area contributed by atoms with Gasteiger partial charge in [-0.1, -0.05) is 29.9 Å². The highest BCUT2D eigenvalue weighted by atomic mass is 16.3. The normalized spacial score (nSPS) is 21.9. The fourth-order valence-corrected chi connectivity index (χ4v) is 2.05. The first-order valence-electron chi connectivity index (χ1n) is 6.13. The van der Waals surface area contributed by atoms with Gasteiger partial charge in [0.1, 0.15) is 5.75 Å². The van der Waals surface area contributed by atoms with Crippen LogP contribution in [0.3, 0.4) is 0 Å². The molecular formula is C16H22O2. The lowest BCUT2D eigenvalue weighted by Crippen LogP contribution is -2.22. The van der Waals surface area contributed by atoms with E-state index in [-0.39, 0.29) is 0 Å². The van der Waals surface area contributed by atoms with E-state index >= 15 is 0 Å². The van der Waals surface area contributed by atoms with Crippen LogP contribution in [-0.4, -0.2) is 15.8 Å². The van der Waals surface area contributed by atoms with Crippen molar-refractivity contribution in [3.8, 4) is 5.75 Å². The third-order valence-corrected chi connectivity index (χ3v) is 2.68. The zero-order chi connectivity index (χ0) is 13.8. The first-order chi connectivity index (χ1) is 8.28. The molecular weight excluding hydrogens is 224 g/mol. The van der Waals surface area contributed by atoms with Gasteiger partial charge in [0, 0.05) is 6.42 Å². The summed E-state index contributed by atoms with van der Waals surface area (Å²) in [6.45, 7) is 7.78. The van der Waals surface area contributed by atoms with Crippen molar-refractivity contribution in [1.82, 2.24) is 0 Å². The van der Waals surface area contributed by atoms with E-state index in [4.69, 9.17) is 5.11 Å². The van der Waals surface area contributed by atoms with Crippen LogP contribution in [0, 0.1) is 13.8 Å². The van der Waals surface area contributed by atoms with E-state index in [2.05, 4.69) is 0 Å². The minimum atomic E-state index is -0.598. The second kappa shape index (κ2) is 5.87. The molecule has 1 unspecified atom stereocenters. The van der Waals surface area contributed by atoms with Gasteiger partial charge in [0.2, 0.25) is 0 Å². The second-order valence-electron chi connectivity index (χ2n) is 5.25. The average molecular weight is 246 g/mol. The molecule has 18 heavy (non-hydrogen) atoms. The predicted molar refractivity (Wildman–Crippen MR) is 75.7 cm³/mol. The highest BCUT2D eigenvalue weighted by Gasteiger charge is 2.17. The monoisotopic (exact) mass is 246 g/mol. The van der Waals surface area contributed by atoms with Crippen molar-refractivity contribution in [2.24, 2.45) is 0 Å². The molecule has 2 nitrogen and oxygen atoms in total. The molecule has 0 saturated carbocycles. The molecule has 1 aliphatic rings. The number of phenols is 1. The van der Waals surface area contributed by atoms with E-state index < -0.39 is 5.60 Å². The van der Waals surface area contributed by atoms with Crippen LogP contribution in [-0.2, 0) is 0 Å². The number of rotatable bonds is 0. The average Bonchev–Trinajstić information content (AvgIpc) is 2.13. The smallest absolute Gasteiger partial charge is 0.116 e. The van der Waals surface area contributed by atoms with Crippen molar-refractivity contribution in [1.29, 1.82) is 0 Å². The zero-order valence-electron chi connectivity index (χ0n) is 11.6. The summed E-state index contributed by atoms with van der Waals surface area (Å²) in [4.78, 5) is 0. The van der Waals surface area contributed by atoms with Gasteiger partial charge >= 0.3 is 0 Å². The molecule has 2 heteroatoms. The molecule has 1 aromatic rings. The maximum absolute atomic E-state index is 9.42. The van der Waals surface area contributed by atoms with Crippen molar-refractivity contribution in [3.05, 3.63) is 53.1 Å². The molecule has 0 aromatic heterocycles. The van der Waals surface area contributed by atoms with Gasteiger partial charge in [0.25, 0.3) is 0 Å². The van der Waals surface area contributed by atoms with Crippen LogP contribution in [0.1, 0.15) is 31.4 Å². The lowest BCUT2D eigenvalue weighted by Gasteiger charge is -2.21. The largest absolute Gasteiger partial charge is 0.508 e. The summed E-state index contributed by atoms with van der Waals surface area (Å²) >= 11 is 0. The Morgan fingerprint density at radius 2 is 1.61 bits per heavy atom. The van der Waals surface area contributed by atoms with Crippen molar-refractivity contribution in [3.63, 3.8) is 0 Å². The van der Waals surface area contributed by atoms with Gasteiger partial charge in [-0.15, -0.1) is 0 Å². The summed E-state index contributed by atoms with van der Waals surface area (Å²) in [7, 11) is 0. The number of hydrogen-bond donors (Lipinski definition) is 2. The molecule has 0 saturated heterocycles. The number of phenolic OH excluding ortho intramolecular Hbond substituents is 1. The summed E-state index contributed by atoms with van der Waals surface area (Å²) in [5, 5.41) is 18.4. The number of aromatic hydroxyl groups is 1. The summed E-state index contributed by atoms with van der Waals surface area (Å²) < 4.78 is 0. The van der Waals surface area contributed by atoms with Gasteiger partial charge in [-0.25, -0.2) is 0 Å². The van der Waals surface area contributed by atoms with E-state index in [1.807, 2.05) is 52.0 Å². The van der Waals surface area contributed by atoms with E-state index in [0.717, 1.165) is 17.5 Å². The summed E-state index contributed by atoms with van der Waals surface area (Å²) in [6, 6.07) is 5.51. The highest BCUT2D eigenvalue weighted by molar-refractivity contribution is 5.31. The Hall–Kier alpha value is -1.54. The quantitative estimate of drug-likeness (QED) is 0.733. The Kier molecular flexibility index (Phi) is 4.74. The molecule has 2 N–H and O–H groups in total. The summed E-state index contributed by atoms with van der Waals surface area (Å²) in [6.07, 6.45) is 6.51. The highest BCUT2D eigenvalue weighted by Crippen LogP contribution is 2.21. The summed E-state index contributed by atoms with van der Waals surface area (Å²) in [5.41, 5.74) is 2.85. The lowest BCUT2D eigenvalue weighted by molar-refractivity contribution is 0.111. The molecule has 0 radical (unpaired) electrons. The van der Waals surface area contributed by atoms with Crippen LogP contribution in [0.4, 0.5) is 0 Å². The van der Waals surface area contributed by atoms with Crippen LogP contribution in [0.25, 0.3) is 0 Å². The second-order valence-corrected chi connectivity index (χ2v) is 5.25. The maximum Gasteiger partial charge on any atom is 0.116 e. The van der Waals surface area contributed by atoms with Crippen LogP contribution >= 0.6 is 0 Å². The third kappa shape index (κ3) is 5.19. The van der Waals surface area contributed by atoms with E-state index in [1.54, 1.807) is 12.1 Å².